The van der Waals surface area contributed by atoms with E-state index in [0.29, 0.717) is 34.7 Å². The Hall–Kier alpha value is -0.940. The maximum atomic E-state index is 5.74. The number of aryl methyl sites for hydroxylation is 1. The molecule has 2 aliphatic rings. The molecule has 1 aliphatic heterocycles. The van der Waals surface area contributed by atoms with Crippen molar-refractivity contribution >= 4 is 17.5 Å². The summed E-state index contributed by atoms with van der Waals surface area (Å²) in [4.78, 5) is 4.22. The Morgan fingerprint density at radius 2 is 2.07 bits per heavy atom. The van der Waals surface area contributed by atoms with Crippen LogP contribution in [0.5, 0.6) is 0 Å². The molecule has 1 aromatic heterocycles. The largest absolute Gasteiger partial charge is 0.381 e. The van der Waals surface area contributed by atoms with Gasteiger partial charge in [-0.1, -0.05) is 11.6 Å². The lowest BCUT2D eigenvalue weighted by molar-refractivity contribution is 0.162. The average Bonchev–Trinajstić information content (AvgIpc) is 2.68. The third-order valence-corrected chi connectivity index (χ3v) is 3.40. The SMILES string of the molecule is Cc1nc(NC2[C@H]3COC[C@@H]23)nnc1Cl. The highest BCUT2D eigenvalue weighted by Crippen LogP contribution is 2.45. The number of fused-ring (bicyclic) bond motifs is 1. The molecule has 15 heavy (non-hydrogen) atoms. The number of anilines is 1. The van der Waals surface area contributed by atoms with E-state index < -0.39 is 0 Å². The van der Waals surface area contributed by atoms with Gasteiger partial charge < -0.3 is 10.1 Å². The molecule has 5 nitrogen and oxygen atoms in total. The van der Waals surface area contributed by atoms with Crippen molar-refractivity contribution in [3.8, 4) is 0 Å². The zero-order valence-corrected chi connectivity index (χ0v) is 9.03. The third-order valence-electron chi connectivity index (χ3n) is 3.05. The van der Waals surface area contributed by atoms with Gasteiger partial charge in [-0.25, -0.2) is 4.98 Å². The first-order chi connectivity index (χ1) is 7.25. The van der Waals surface area contributed by atoms with Crippen LogP contribution in [0, 0.1) is 18.8 Å². The molecular weight excluding hydrogens is 216 g/mol. The van der Waals surface area contributed by atoms with Gasteiger partial charge in [0.15, 0.2) is 5.15 Å². The van der Waals surface area contributed by atoms with E-state index in [0.717, 1.165) is 13.2 Å². The fourth-order valence-corrected chi connectivity index (χ4v) is 2.14. The maximum Gasteiger partial charge on any atom is 0.243 e. The highest BCUT2D eigenvalue weighted by molar-refractivity contribution is 6.29. The van der Waals surface area contributed by atoms with Crippen molar-refractivity contribution in [2.75, 3.05) is 18.5 Å². The fraction of sp³-hybridized carbons (Fsp3) is 0.667. The quantitative estimate of drug-likeness (QED) is 0.812. The van der Waals surface area contributed by atoms with E-state index in [1.165, 1.54) is 0 Å². The van der Waals surface area contributed by atoms with E-state index in [-0.39, 0.29) is 0 Å². The molecule has 1 unspecified atom stereocenters. The zero-order chi connectivity index (χ0) is 10.4. The normalized spacial score (nSPS) is 32.5. The van der Waals surface area contributed by atoms with Crippen LogP contribution in [-0.4, -0.2) is 34.4 Å². The summed E-state index contributed by atoms with van der Waals surface area (Å²) in [6, 6.07) is 0.459. The maximum absolute atomic E-state index is 5.74. The van der Waals surface area contributed by atoms with E-state index >= 15 is 0 Å². The summed E-state index contributed by atoms with van der Waals surface area (Å²) in [5, 5.41) is 11.3. The number of nitrogens with zero attached hydrogens (tertiary/aromatic N) is 3. The minimum Gasteiger partial charge on any atom is -0.381 e. The standard InChI is InChI=1S/C9H11ClN4O/c1-4-8(10)13-14-9(11-4)12-7-5-2-15-3-6(5)7/h5-7H,2-3H2,1H3,(H,11,12,14)/t5-,6+,7?. The molecule has 0 bridgehead atoms. The van der Waals surface area contributed by atoms with E-state index in [1.54, 1.807) is 0 Å². The second kappa shape index (κ2) is 3.28. The molecule has 6 heteroatoms. The van der Waals surface area contributed by atoms with Crippen LogP contribution in [0.15, 0.2) is 0 Å². The van der Waals surface area contributed by atoms with Crippen LogP contribution in [-0.2, 0) is 4.74 Å². The first kappa shape index (κ1) is 9.30. The number of hydrogen-bond acceptors (Lipinski definition) is 5. The predicted molar refractivity (Wildman–Crippen MR) is 54.8 cm³/mol. The van der Waals surface area contributed by atoms with Crippen LogP contribution >= 0.6 is 11.6 Å². The van der Waals surface area contributed by atoms with Crippen LogP contribution < -0.4 is 5.32 Å². The summed E-state index contributed by atoms with van der Waals surface area (Å²) >= 11 is 5.74. The molecule has 3 atom stereocenters. The second-order valence-electron chi connectivity index (χ2n) is 4.05. The summed E-state index contributed by atoms with van der Waals surface area (Å²) in [5.41, 5.74) is 0.705. The number of hydrogen-bond donors (Lipinski definition) is 1. The van der Waals surface area contributed by atoms with Gasteiger partial charge in [0.05, 0.1) is 18.9 Å². The summed E-state index contributed by atoms with van der Waals surface area (Å²) in [6.07, 6.45) is 0. The van der Waals surface area contributed by atoms with Crippen LogP contribution in [0.4, 0.5) is 5.95 Å². The third kappa shape index (κ3) is 1.55. The first-order valence-electron chi connectivity index (χ1n) is 4.97. The van der Waals surface area contributed by atoms with Crippen molar-refractivity contribution in [3.05, 3.63) is 10.8 Å². The van der Waals surface area contributed by atoms with Gasteiger partial charge in [-0.05, 0) is 6.92 Å². The predicted octanol–water partition coefficient (Wildman–Crippen LogP) is 0.890. The lowest BCUT2D eigenvalue weighted by Crippen LogP contribution is -2.15. The average molecular weight is 227 g/mol. The number of halogens is 1. The molecule has 0 aromatic carbocycles. The van der Waals surface area contributed by atoms with Crippen molar-refractivity contribution in [1.82, 2.24) is 15.2 Å². The molecule has 1 N–H and O–H groups in total. The van der Waals surface area contributed by atoms with Crippen molar-refractivity contribution in [3.63, 3.8) is 0 Å². The Kier molecular flexibility index (Phi) is 2.03. The van der Waals surface area contributed by atoms with Crippen molar-refractivity contribution in [2.24, 2.45) is 11.8 Å². The Morgan fingerprint density at radius 1 is 1.33 bits per heavy atom. The molecule has 2 heterocycles. The van der Waals surface area contributed by atoms with E-state index in [9.17, 15) is 0 Å². The summed E-state index contributed by atoms with van der Waals surface area (Å²) in [5.74, 6) is 1.82. The molecule has 3 rings (SSSR count). The van der Waals surface area contributed by atoms with Gasteiger partial charge in [0, 0.05) is 17.9 Å². The van der Waals surface area contributed by atoms with Crippen LogP contribution in [0.3, 0.4) is 0 Å². The van der Waals surface area contributed by atoms with Crippen molar-refractivity contribution in [1.29, 1.82) is 0 Å². The topological polar surface area (TPSA) is 59.9 Å². The number of nitrogens with one attached hydrogen (secondary N) is 1. The highest BCUT2D eigenvalue weighted by atomic mass is 35.5. The van der Waals surface area contributed by atoms with Crippen LogP contribution in [0.2, 0.25) is 5.15 Å². The fourth-order valence-electron chi connectivity index (χ4n) is 2.05. The Bertz CT molecular complexity index is 390. The van der Waals surface area contributed by atoms with Gasteiger partial charge >= 0.3 is 0 Å². The van der Waals surface area contributed by atoms with Crippen molar-refractivity contribution in [2.45, 2.75) is 13.0 Å². The Morgan fingerprint density at radius 3 is 2.73 bits per heavy atom. The smallest absolute Gasteiger partial charge is 0.243 e. The highest BCUT2D eigenvalue weighted by Gasteiger charge is 2.54. The summed E-state index contributed by atoms with van der Waals surface area (Å²) < 4.78 is 5.30. The second-order valence-corrected chi connectivity index (χ2v) is 4.40. The molecular formula is C9H11ClN4O. The minimum atomic E-state index is 0.361. The monoisotopic (exact) mass is 226 g/mol. The molecule has 1 saturated carbocycles. The lowest BCUT2D eigenvalue weighted by Gasteiger charge is -2.06. The van der Waals surface area contributed by atoms with Gasteiger partial charge in [0.25, 0.3) is 0 Å². The lowest BCUT2D eigenvalue weighted by atomic mass is 10.4. The van der Waals surface area contributed by atoms with Crippen LogP contribution in [0.1, 0.15) is 5.69 Å². The number of aromatic nitrogens is 3. The van der Waals surface area contributed by atoms with E-state index in [4.69, 9.17) is 16.3 Å². The molecule has 1 saturated heterocycles. The Labute approximate surface area is 92.2 Å². The Balaban J connectivity index is 1.70. The van der Waals surface area contributed by atoms with Crippen molar-refractivity contribution < 1.29 is 4.74 Å². The summed E-state index contributed by atoms with van der Waals surface area (Å²) in [7, 11) is 0. The van der Waals surface area contributed by atoms with Crippen LogP contribution in [0.25, 0.3) is 0 Å². The number of ether oxygens (including phenoxy) is 1. The molecule has 0 radical (unpaired) electrons. The van der Waals surface area contributed by atoms with Gasteiger partial charge in [0.1, 0.15) is 0 Å². The number of rotatable bonds is 2. The minimum absolute atomic E-state index is 0.361. The first-order valence-corrected chi connectivity index (χ1v) is 5.34. The van der Waals surface area contributed by atoms with E-state index in [1.807, 2.05) is 6.92 Å². The van der Waals surface area contributed by atoms with E-state index in [2.05, 4.69) is 20.5 Å². The van der Waals surface area contributed by atoms with Gasteiger partial charge in [-0.2, -0.15) is 0 Å². The van der Waals surface area contributed by atoms with Gasteiger partial charge in [0.2, 0.25) is 5.95 Å². The molecule has 1 aromatic rings. The van der Waals surface area contributed by atoms with Gasteiger partial charge in [-0.15, -0.1) is 10.2 Å². The molecule has 1 aliphatic carbocycles. The molecule has 80 valence electrons. The summed E-state index contributed by atoms with van der Waals surface area (Å²) in [6.45, 7) is 3.52. The molecule has 2 fully saturated rings. The molecule has 0 amide bonds. The molecule has 0 spiro atoms. The zero-order valence-electron chi connectivity index (χ0n) is 8.27. The van der Waals surface area contributed by atoms with Gasteiger partial charge in [-0.3, -0.25) is 0 Å².